The molecule has 0 aromatic rings. The zero-order valence-corrected chi connectivity index (χ0v) is 18.3. The second kappa shape index (κ2) is 23.6. The Balaban J connectivity index is 3.26. The first-order chi connectivity index (χ1) is 13.8. The van der Waals surface area contributed by atoms with Crippen molar-refractivity contribution in [3.63, 3.8) is 0 Å². The van der Waals surface area contributed by atoms with E-state index in [1.54, 1.807) is 5.48 Å². The van der Waals surface area contributed by atoms with Crippen molar-refractivity contribution in [3.05, 3.63) is 0 Å². The van der Waals surface area contributed by atoms with Crippen LogP contribution in [-0.2, 0) is 4.79 Å². The summed E-state index contributed by atoms with van der Waals surface area (Å²) < 4.78 is 0. The van der Waals surface area contributed by atoms with E-state index in [0.29, 0.717) is 6.42 Å². The molecule has 2 N–H and O–H groups in total. The molecular formula is C25H43NO2. The molecule has 0 radical (unpaired) electrons. The van der Waals surface area contributed by atoms with Crippen LogP contribution < -0.4 is 5.48 Å². The summed E-state index contributed by atoms with van der Waals surface area (Å²) in [6.45, 7) is 2.27. The smallest absolute Gasteiger partial charge is 0.243 e. The maximum absolute atomic E-state index is 10.8. The monoisotopic (exact) mass is 389 g/mol. The van der Waals surface area contributed by atoms with Gasteiger partial charge in [-0.25, -0.2) is 5.48 Å². The molecule has 0 aromatic heterocycles. The van der Waals surface area contributed by atoms with Crippen LogP contribution in [0.1, 0.15) is 129 Å². The summed E-state index contributed by atoms with van der Waals surface area (Å²) in [5.41, 5.74) is 1.67. The number of amides is 1. The summed E-state index contributed by atoms with van der Waals surface area (Å²) in [6, 6.07) is 0. The van der Waals surface area contributed by atoms with Gasteiger partial charge in [-0.15, -0.1) is 0 Å². The molecule has 28 heavy (non-hydrogen) atoms. The lowest BCUT2D eigenvalue weighted by Crippen LogP contribution is -2.17. The first-order valence-electron chi connectivity index (χ1n) is 11.7. The molecule has 0 aliphatic rings. The Labute approximate surface area is 174 Å². The molecule has 0 heterocycles. The molecule has 0 aliphatic carbocycles. The van der Waals surface area contributed by atoms with Gasteiger partial charge in [-0.3, -0.25) is 10.0 Å². The predicted octanol–water partition coefficient (Wildman–Crippen LogP) is 6.93. The van der Waals surface area contributed by atoms with Crippen molar-refractivity contribution in [2.24, 2.45) is 0 Å². The van der Waals surface area contributed by atoms with Crippen molar-refractivity contribution >= 4 is 5.91 Å². The number of carbonyl (C=O) groups excluding carboxylic acids is 1. The lowest BCUT2D eigenvalue weighted by atomic mass is 10.1. The topological polar surface area (TPSA) is 49.3 Å². The quantitative estimate of drug-likeness (QED) is 0.116. The molecule has 3 nitrogen and oxygen atoms in total. The molecule has 0 unspecified atom stereocenters. The summed E-state index contributed by atoms with van der Waals surface area (Å²) in [5.74, 6) is 12.0. The standard InChI is InChI=1S/C25H43NO2/c1-2-3-4-5-6-7-8-9-10-11-12-13-14-15-16-17-18-19-20-21-22-23-24-25(27)26-28/h28H,2-11,16-24H2,1H3,(H,26,27). The van der Waals surface area contributed by atoms with Gasteiger partial charge in [-0.05, 0) is 31.1 Å². The van der Waals surface area contributed by atoms with Crippen molar-refractivity contribution in [1.29, 1.82) is 0 Å². The Morgan fingerprint density at radius 1 is 0.643 bits per heavy atom. The Kier molecular flexibility index (Phi) is 22.4. The van der Waals surface area contributed by atoms with Crippen LogP contribution in [0.3, 0.4) is 0 Å². The molecular weight excluding hydrogens is 346 g/mol. The highest BCUT2D eigenvalue weighted by Crippen LogP contribution is 2.10. The maximum atomic E-state index is 10.8. The number of nitrogens with one attached hydrogen (secondary N) is 1. The fraction of sp³-hybridized carbons (Fsp3) is 0.800. The van der Waals surface area contributed by atoms with Gasteiger partial charge in [-0.2, -0.15) is 0 Å². The normalized spacial score (nSPS) is 9.93. The van der Waals surface area contributed by atoms with E-state index in [1.165, 1.54) is 77.0 Å². The number of carbonyl (C=O) groups is 1. The summed E-state index contributed by atoms with van der Waals surface area (Å²) in [4.78, 5) is 10.8. The Morgan fingerprint density at radius 3 is 1.46 bits per heavy atom. The zero-order valence-electron chi connectivity index (χ0n) is 18.3. The lowest BCUT2D eigenvalue weighted by molar-refractivity contribution is -0.129. The van der Waals surface area contributed by atoms with Crippen LogP contribution in [0.4, 0.5) is 0 Å². The van der Waals surface area contributed by atoms with Crippen LogP contribution in [0.2, 0.25) is 0 Å². The molecule has 0 saturated heterocycles. The van der Waals surface area contributed by atoms with Crippen molar-refractivity contribution in [1.82, 2.24) is 5.48 Å². The average molecular weight is 390 g/mol. The third-order valence-corrected chi connectivity index (χ3v) is 4.97. The maximum Gasteiger partial charge on any atom is 0.243 e. The molecule has 0 rings (SSSR count). The summed E-state index contributed by atoms with van der Waals surface area (Å²) >= 11 is 0. The highest BCUT2D eigenvalue weighted by Gasteiger charge is 1.98. The van der Waals surface area contributed by atoms with E-state index in [0.717, 1.165) is 38.5 Å². The van der Waals surface area contributed by atoms with Gasteiger partial charge in [0.05, 0.1) is 0 Å². The summed E-state index contributed by atoms with van der Waals surface area (Å²) in [6.07, 6.45) is 22.5. The highest BCUT2D eigenvalue weighted by atomic mass is 16.5. The third-order valence-electron chi connectivity index (χ3n) is 4.97. The molecule has 0 bridgehead atoms. The minimum absolute atomic E-state index is 0.283. The van der Waals surface area contributed by atoms with Gasteiger partial charge in [-0.1, -0.05) is 102 Å². The van der Waals surface area contributed by atoms with Crippen LogP contribution in [-0.4, -0.2) is 11.1 Å². The van der Waals surface area contributed by atoms with Crippen LogP contribution in [0.25, 0.3) is 0 Å². The van der Waals surface area contributed by atoms with E-state index in [-0.39, 0.29) is 5.91 Å². The van der Waals surface area contributed by atoms with Crippen LogP contribution in [0, 0.1) is 23.7 Å². The molecule has 0 atom stereocenters. The molecule has 1 amide bonds. The van der Waals surface area contributed by atoms with E-state index in [2.05, 4.69) is 30.6 Å². The fourth-order valence-electron chi connectivity index (χ4n) is 3.18. The summed E-state index contributed by atoms with van der Waals surface area (Å²) in [7, 11) is 0. The number of unbranched alkanes of at least 4 members (excludes halogenated alkanes) is 16. The number of hydrogen-bond acceptors (Lipinski definition) is 2. The van der Waals surface area contributed by atoms with Crippen LogP contribution in [0.5, 0.6) is 0 Å². The van der Waals surface area contributed by atoms with E-state index in [1.807, 2.05) is 0 Å². The van der Waals surface area contributed by atoms with Gasteiger partial charge in [0.15, 0.2) is 0 Å². The Morgan fingerprint density at radius 2 is 1.04 bits per heavy atom. The Bertz CT molecular complexity index is 464. The van der Waals surface area contributed by atoms with Crippen molar-refractivity contribution < 1.29 is 10.0 Å². The van der Waals surface area contributed by atoms with E-state index >= 15 is 0 Å². The minimum Gasteiger partial charge on any atom is -0.289 e. The van der Waals surface area contributed by atoms with Gasteiger partial charge >= 0.3 is 0 Å². The molecule has 3 heteroatoms. The minimum atomic E-state index is -0.283. The van der Waals surface area contributed by atoms with E-state index < -0.39 is 0 Å². The molecule has 0 spiro atoms. The van der Waals surface area contributed by atoms with Gasteiger partial charge in [0.25, 0.3) is 0 Å². The number of hydroxylamine groups is 1. The molecule has 0 saturated carbocycles. The van der Waals surface area contributed by atoms with Crippen LogP contribution >= 0.6 is 0 Å². The first kappa shape index (κ1) is 26.6. The molecule has 0 aromatic carbocycles. The van der Waals surface area contributed by atoms with E-state index in [9.17, 15) is 4.79 Å². The molecule has 0 aliphatic heterocycles. The zero-order chi connectivity index (χ0) is 20.5. The van der Waals surface area contributed by atoms with Gasteiger partial charge < -0.3 is 0 Å². The second-order valence-corrected chi connectivity index (χ2v) is 7.69. The predicted molar refractivity (Wildman–Crippen MR) is 119 cm³/mol. The van der Waals surface area contributed by atoms with Crippen molar-refractivity contribution in [2.45, 2.75) is 129 Å². The summed E-state index contributed by atoms with van der Waals surface area (Å²) in [5, 5.41) is 8.39. The van der Waals surface area contributed by atoms with Crippen LogP contribution in [0.15, 0.2) is 0 Å². The fourth-order valence-corrected chi connectivity index (χ4v) is 3.18. The average Bonchev–Trinajstić information content (AvgIpc) is 2.71. The largest absolute Gasteiger partial charge is 0.289 e. The van der Waals surface area contributed by atoms with Gasteiger partial charge in [0.2, 0.25) is 5.91 Å². The third kappa shape index (κ3) is 22.6. The molecule has 160 valence electrons. The van der Waals surface area contributed by atoms with Gasteiger partial charge in [0.1, 0.15) is 0 Å². The Hall–Kier alpha value is -1.45. The SMILES string of the molecule is CCCCCCCCCCCC#CC#CCCCCCCCCCC(=O)NO. The van der Waals surface area contributed by atoms with Crippen molar-refractivity contribution in [3.8, 4) is 23.7 Å². The second-order valence-electron chi connectivity index (χ2n) is 7.69. The first-order valence-corrected chi connectivity index (χ1v) is 11.7. The van der Waals surface area contributed by atoms with E-state index in [4.69, 9.17) is 5.21 Å². The number of rotatable bonds is 18. The molecule has 0 fully saturated rings. The van der Waals surface area contributed by atoms with Crippen molar-refractivity contribution in [2.75, 3.05) is 0 Å². The highest BCUT2D eigenvalue weighted by molar-refractivity contribution is 5.74. The van der Waals surface area contributed by atoms with Gasteiger partial charge in [0, 0.05) is 19.3 Å². The number of hydrogen-bond donors (Lipinski definition) is 2. The lowest BCUT2D eigenvalue weighted by Gasteiger charge is -2.00.